The lowest BCUT2D eigenvalue weighted by molar-refractivity contribution is -0.150. The van der Waals surface area contributed by atoms with Crippen LogP contribution in [0.25, 0.3) is 0 Å². The first-order valence-corrected chi connectivity index (χ1v) is 9.74. The predicted molar refractivity (Wildman–Crippen MR) is 113 cm³/mol. The average Bonchev–Trinajstić information content (AvgIpc) is 2.71. The first kappa shape index (κ1) is 22.1. The molecule has 0 aliphatic carbocycles. The van der Waals surface area contributed by atoms with E-state index in [9.17, 15) is 14.4 Å². The highest BCUT2D eigenvalue weighted by molar-refractivity contribution is 5.97. The molecule has 0 aliphatic rings. The van der Waals surface area contributed by atoms with Crippen molar-refractivity contribution >= 4 is 23.5 Å². The highest BCUT2D eigenvalue weighted by Gasteiger charge is 2.26. The van der Waals surface area contributed by atoms with Crippen LogP contribution in [0.15, 0.2) is 48.5 Å². The number of hydrogen-bond acceptors (Lipinski definition) is 4. The predicted octanol–water partition coefficient (Wildman–Crippen LogP) is 3.49. The second-order valence-electron chi connectivity index (χ2n) is 7.18. The molecule has 29 heavy (non-hydrogen) atoms. The maximum Gasteiger partial charge on any atom is 0.329 e. The minimum absolute atomic E-state index is 0.193. The van der Waals surface area contributed by atoms with Crippen molar-refractivity contribution in [1.82, 2.24) is 5.32 Å². The maximum absolute atomic E-state index is 12.5. The number of anilines is 1. The summed E-state index contributed by atoms with van der Waals surface area (Å²) in [6.45, 7) is 7.11. The third kappa shape index (κ3) is 6.17. The van der Waals surface area contributed by atoms with Crippen LogP contribution in [0.2, 0.25) is 0 Å². The van der Waals surface area contributed by atoms with Gasteiger partial charge in [0.1, 0.15) is 6.04 Å². The highest BCUT2D eigenvalue weighted by atomic mass is 16.5. The van der Waals surface area contributed by atoms with Gasteiger partial charge in [0.05, 0.1) is 0 Å². The van der Waals surface area contributed by atoms with Crippen molar-refractivity contribution < 1.29 is 19.1 Å². The van der Waals surface area contributed by atoms with Gasteiger partial charge in [0.2, 0.25) is 0 Å². The van der Waals surface area contributed by atoms with Crippen LogP contribution < -0.4 is 10.6 Å². The lowest BCUT2D eigenvalue weighted by atomic mass is 10.0. The van der Waals surface area contributed by atoms with Crippen molar-refractivity contribution in [3.8, 4) is 0 Å². The molecule has 0 saturated carbocycles. The number of amides is 2. The zero-order valence-corrected chi connectivity index (χ0v) is 17.3. The van der Waals surface area contributed by atoms with Gasteiger partial charge >= 0.3 is 5.97 Å². The summed E-state index contributed by atoms with van der Waals surface area (Å²) in [5.41, 5.74) is 3.16. The van der Waals surface area contributed by atoms with Gasteiger partial charge in [0.25, 0.3) is 11.8 Å². The quantitative estimate of drug-likeness (QED) is 0.669. The van der Waals surface area contributed by atoms with E-state index in [1.807, 2.05) is 38.1 Å². The van der Waals surface area contributed by atoms with Gasteiger partial charge in [0, 0.05) is 11.3 Å². The summed E-state index contributed by atoms with van der Waals surface area (Å²) in [5, 5.41) is 5.50. The molecular weight excluding hydrogens is 368 g/mol. The second kappa shape index (κ2) is 10.4. The Hall–Kier alpha value is -3.15. The second-order valence-corrected chi connectivity index (χ2v) is 7.18. The Morgan fingerprint density at radius 1 is 1.00 bits per heavy atom. The van der Waals surface area contributed by atoms with Gasteiger partial charge in [-0.25, -0.2) is 4.79 Å². The highest BCUT2D eigenvalue weighted by Crippen LogP contribution is 2.21. The van der Waals surface area contributed by atoms with Crippen molar-refractivity contribution in [1.29, 1.82) is 0 Å². The summed E-state index contributed by atoms with van der Waals surface area (Å²) >= 11 is 0. The van der Waals surface area contributed by atoms with Gasteiger partial charge in [-0.05, 0) is 42.5 Å². The van der Waals surface area contributed by atoms with Crippen molar-refractivity contribution in [2.24, 2.45) is 5.92 Å². The maximum atomic E-state index is 12.5. The Morgan fingerprint density at radius 2 is 1.69 bits per heavy atom. The number of aryl methyl sites for hydroxylation is 2. The van der Waals surface area contributed by atoms with Gasteiger partial charge in [-0.15, -0.1) is 0 Å². The van der Waals surface area contributed by atoms with Gasteiger partial charge in [-0.1, -0.05) is 57.2 Å². The molecule has 0 radical (unpaired) electrons. The molecule has 2 amide bonds. The Labute approximate surface area is 171 Å². The number of esters is 1. The summed E-state index contributed by atoms with van der Waals surface area (Å²) in [7, 11) is 0. The van der Waals surface area contributed by atoms with Gasteiger partial charge in [0.15, 0.2) is 6.61 Å². The topological polar surface area (TPSA) is 84.5 Å². The van der Waals surface area contributed by atoms with Crippen LogP contribution in [0.3, 0.4) is 0 Å². The first-order valence-electron chi connectivity index (χ1n) is 9.74. The van der Waals surface area contributed by atoms with Crippen molar-refractivity contribution in [2.45, 2.75) is 40.2 Å². The lowest BCUT2D eigenvalue weighted by Crippen LogP contribution is -2.45. The summed E-state index contributed by atoms with van der Waals surface area (Å²) in [6, 6.07) is 13.6. The number of rotatable bonds is 8. The molecule has 6 nitrogen and oxygen atoms in total. The molecular formula is C23H28N2O4. The summed E-state index contributed by atoms with van der Waals surface area (Å²) < 4.78 is 5.18. The Bertz CT molecular complexity index is 862. The third-order valence-corrected chi connectivity index (χ3v) is 4.59. The fourth-order valence-corrected chi connectivity index (χ4v) is 2.92. The molecule has 6 heteroatoms. The number of benzene rings is 2. The van der Waals surface area contributed by atoms with E-state index in [1.54, 1.807) is 38.1 Å². The van der Waals surface area contributed by atoms with E-state index in [0.29, 0.717) is 5.56 Å². The number of ether oxygens (including phenoxy) is 1. The average molecular weight is 396 g/mol. The first-order chi connectivity index (χ1) is 13.8. The van der Waals surface area contributed by atoms with Crippen molar-refractivity contribution in [3.05, 3.63) is 65.2 Å². The summed E-state index contributed by atoms with van der Waals surface area (Å²) in [4.78, 5) is 37.1. The molecule has 0 unspecified atom stereocenters. The van der Waals surface area contributed by atoms with Crippen molar-refractivity contribution in [3.63, 3.8) is 0 Å². The third-order valence-electron chi connectivity index (χ3n) is 4.59. The van der Waals surface area contributed by atoms with Crippen LogP contribution in [0.1, 0.15) is 42.3 Å². The fraction of sp³-hybridized carbons (Fsp3) is 0.348. The molecule has 154 valence electrons. The normalized spacial score (nSPS) is 11.6. The lowest BCUT2D eigenvalue weighted by Gasteiger charge is -2.21. The molecule has 0 fully saturated rings. The van der Waals surface area contributed by atoms with Crippen molar-refractivity contribution in [2.75, 3.05) is 11.9 Å². The van der Waals surface area contributed by atoms with Crippen LogP contribution in [-0.4, -0.2) is 30.4 Å². The molecule has 2 rings (SSSR count). The molecule has 0 aliphatic heterocycles. The number of para-hydroxylation sites is 1. The molecule has 0 spiro atoms. The van der Waals surface area contributed by atoms with Crippen LogP contribution in [0, 0.1) is 12.8 Å². The fourth-order valence-electron chi connectivity index (χ4n) is 2.92. The van der Waals surface area contributed by atoms with E-state index in [4.69, 9.17) is 4.74 Å². The standard InChI is InChI=1S/C23H28N2O4/c1-5-17-13-9-10-16(4)21(17)24-19(26)14-29-23(28)20(15(2)3)25-22(27)18-11-7-6-8-12-18/h6-13,15,20H,5,14H2,1-4H3,(H,24,26)(H,25,27)/t20-/m1/s1. The zero-order chi connectivity index (χ0) is 21.4. The van der Waals surface area contributed by atoms with Crippen LogP contribution in [-0.2, 0) is 20.7 Å². The Morgan fingerprint density at radius 3 is 2.31 bits per heavy atom. The zero-order valence-electron chi connectivity index (χ0n) is 17.3. The molecule has 2 aromatic rings. The summed E-state index contributed by atoms with van der Waals surface area (Å²) in [5.74, 6) is -1.61. The van der Waals surface area contributed by atoms with E-state index in [0.717, 1.165) is 23.2 Å². The SMILES string of the molecule is CCc1cccc(C)c1NC(=O)COC(=O)[C@H](NC(=O)c1ccccc1)C(C)C. The van der Waals surface area contributed by atoms with Crippen LogP contribution >= 0.6 is 0 Å². The Kier molecular flexibility index (Phi) is 7.95. The molecule has 1 atom stereocenters. The number of carbonyl (C=O) groups excluding carboxylic acids is 3. The van der Waals surface area contributed by atoms with E-state index in [1.165, 1.54) is 0 Å². The monoisotopic (exact) mass is 396 g/mol. The minimum atomic E-state index is -0.847. The number of hydrogen-bond donors (Lipinski definition) is 2. The molecule has 0 heterocycles. The van der Waals surface area contributed by atoms with Gasteiger partial charge < -0.3 is 15.4 Å². The largest absolute Gasteiger partial charge is 0.454 e. The van der Waals surface area contributed by atoms with Crippen LogP contribution in [0.4, 0.5) is 5.69 Å². The van der Waals surface area contributed by atoms with E-state index in [-0.39, 0.29) is 11.8 Å². The van der Waals surface area contributed by atoms with E-state index < -0.39 is 24.5 Å². The Balaban J connectivity index is 1.96. The van der Waals surface area contributed by atoms with Gasteiger partial charge in [-0.2, -0.15) is 0 Å². The smallest absolute Gasteiger partial charge is 0.329 e. The van der Waals surface area contributed by atoms with Crippen LogP contribution in [0.5, 0.6) is 0 Å². The number of carbonyl (C=O) groups is 3. The molecule has 2 N–H and O–H groups in total. The van der Waals surface area contributed by atoms with E-state index >= 15 is 0 Å². The minimum Gasteiger partial charge on any atom is -0.454 e. The number of nitrogens with one attached hydrogen (secondary N) is 2. The molecule has 2 aromatic carbocycles. The molecule has 0 aromatic heterocycles. The summed E-state index contributed by atoms with van der Waals surface area (Å²) in [6.07, 6.45) is 0.776. The molecule has 0 saturated heterocycles. The van der Waals surface area contributed by atoms with E-state index in [2.05, 4.69) is 10.6 Å². The molecule has 0 bridgehead atoms. The van der Waals surface area contributed by atoms with Gasteiger partial charge in [-0.3, -0.25) is 9.59 Å².